The lowest BCUT2D eigenvalue weighted by Crippen LogP contribution is -2.22. The summed E-state index contributed by atoms with van der Waals surface area (Å²) in [5, 5.41) is 3.67. The number of ether oxygens (including phenoxy) is 2. The Kier molecular flexibility index (Phi) is 8.11. The summed E-state index contributed by atoms with van der Waals surface area (Å²) in [5.74, 6) is 3.13. The molecule has 1 saturated heterocycles. The number of benzene rings is 2. The van der Waals surface area contributed by atoms with Crippen LogP contribution in [0, 0.1) is 23.6 Å². The SMILES string of the molecule is CCN1C[C@H]2C[C@H](COc3cc4ncnc(Nc5ccc(Cl)c(Cl)c5F)c4cc3OC)C[C@H]2C1.Cl. The zero-order valence-corrected chi connectivity index (χ0v) is 21.9. The monoisotopic (exact) mass is 540 g/mol. The second-order valence-electron chi connectivity index (χ2n) is 9.11. The summed E-state index contributed by atoms with van der Waals surface area (Å²) < 4.78 is 26.4. The van der Waals surface area contributed by atoms with Crippen molar-refractivity contribution in [2.24, 2.45) is 17.8 Å². The minimum Gasteiger partial charge on any atom is -0.493 e. The highest BCUT2D eigenvalue weighted by Gasteiger charge is 2.40. The third-order valence-corrected chi connectivity index (χ3v) is 7.84. The van der Waals surface area contributed by atoms with E-state index in [1.54, 1.807) is 7.11 Å². The van der Waals surface area contributed by atoms with E-state index in [9.17, 15) is 4.39 Å². The van der Waals surface area contributed by atoms with E-state index < -0.39 is 5.82 Å². The van der Waals surface area contributed by atoms with Crippen LogP contribution in [0.3, 0.4) is 0 Å². The number of nitrogens with zero attached hydrogens (tertiary/aromatic N) is 3. The molecule has 6 nitrogen and oxygen atoms in total. The summed E-state index contributed by atoms with van der Waals surface area (Å²) in [7, 11) is 1.60. The van der Waals surface area contributed by atoms with Gasteiger partial charge in [0.05, 0.1) is 35.0 Å². The third kappa shape index (κ3) is 5.24. The second-order valence-corrected chi connectivity index (χ2v) is 9.90. The van der Waals surface area contributed by atoms with Crippen LogP contribution < -0.4 is 14.8 Å². The molecular weight excluding hydrogens is 514 g/mol. The van der Waals surface area contributed by atoms with Crippen molar-refractivity contribution in [2.45, 2.75) is 19.8 Å². The molecule has 0 spiro atoms. The lowest BCUT2D eigenvalue weighted by Gasteiger charge is -2.18. The first-order valence-corrected chi connectivity index (χ1v) is 12.3. The number of anilines is 2. The van der Waals surface area contributed by atoms with Crippen LogP contribution in [-0.2, 0) is 0 Å². The molecular formula is C25H28Cl3FN4O2. The van der Waals surface area contributed by atoms with Crippen LogP contribution in [0.15, 0.2) is 30.6 Å². The molecule has 5 rings (SSSR count). The Hall–Kier alpha value is -2.06. The van der Waals surface area contributed by atoms with Crippen LogP contribution >= 0.6 is 35.6 Å². The van der Waals surface area contributed by atoms with E-state index >= 15 is 0 Å². The average Bonchev–Trinajstić information content (AvgIpc) is 3.41. The van der Waals surface area contributed by atoms with Gasteiger partial charge in [0, 0.05) is 24.5 Å². The van der Waals surface area contributed by atoms with Crippen molar-refractivity contribution in [2.75, 3.05) is 38.7 Å². The predicted molar refractivity (Wildman–Crippen MR) is 140 cm³/mol. The fraction of sp³-hybridized carbons (Fsp3) is 0.440. The van der Waals surface area contributed by atoms with Crippen LogP contribution in [0.2, 0.25) is 10.0 Å². The topological polar surface area (TPSA) is 59.5 Å². The molecule has 2 aromatic carbocycles. The summed E-state index contributed by atoms with van der Waals surface area (Å²) in [5.41, 5.74) is 0.831. The van der Waals surface area contributed by atoms with Gasteiger partial charge in [-0.25, -0.2) is 14.4 Å². The van der Waals surface area contributed by atoms with Gasteiger partial charge in [0.2, 0.25) is 0 Å². The Balaban J connectivity index is 0.00000289. The smallest absolute Gasteiger partial charge is 0.166 e. The van der Waals surface area contributed by atoms with Crippen LogP contribution in [0.5, 0.6) is 11.5 Å². The lowest BCUT2D eigenvalue weighted by molar-refractivity contribution is 0.223. The molecule has 2 heterocycles. The Bertz CT molecular complexity index is 1200. The molecule has 0 unspecified atom stereocenters. The standard InChI is InChI=1S/C25H27Cl2FN4O2.ClH/c1-3-32-10-15-6-14(7-16(15)11-32)12-34-22-9-20-17(8-21(22)33-2)25(30-13-29-20)31-19-5-4-18(26)23(27)24(19)28;/h4-5,8-9,13-16H,3,6-7,10-12H2,1-2H3,(H,29,30,31);1H/t14-,15+,16-;. The van der Waals surface area contributed by atoms with Gasteiger partial charge >= 0.3 is 0 Å². The molecule has 188 valence electrons. The first-order valence-electron chi connectivity index (χ1n) is 11.5. The maximum Gasteiger partial charge on any atom is 0.166 e. The van der Waals surface area contributed by atoms with E-state index in [-0.39, 0.29) is 28.1 Å². The Morgan fingerprint density at radius 2 is 1.86 bits per heavy atom. The molecule has 0 amide bonds. The van der Waals surface area contributed by atoms with Gasteiger partial charge in [-0.05, 0) is 55.3 Å². The summed E-state index contributed by atoms with van der Waals surface area (Å²) >= 11 is 11.9. The van der Waals surface area contributed by atoms with Gasteiger partial charge in [0.1, 0.15) is 12.1 Å². The van der Waals surface area contributed by atoms with E-state index in [4.69, 9.17) is 32.7 Å². The molecule has 3 atom stereocenters. The van der Waals surface area contributed by atoms with Gasteiger partial charge < -0.3 is 19.7 Å². The average molecular weight is 542 g/mol. The number of fused-ring (bicyclic) bond motifs is 2. The largest absolute Gasteiger partial charge is 0.493 e. The Morgan fingerprint density at radius 1 is 1.11 bits per heavy atom. The number of rotatable bonds is 7. The molecule has 2 aliphatic rings. The molecule has 0 bridgehead atoms. The number of hydrogen-bond acceptors (Lipinski definition) is 6. The van der Waals surface area contributed by atoms with Gasteiger partial charge in [0.25, 0.3) is 0 Å². The number of halogens is 4. The summed E-state index contributed by atoms with van der Waals surface area (Å²) in [6.45, 7) is 6.45. The van der Waals surface area contributed by atoms with Crippen molar-refractivity contribution in [3.8, 4) is 11.5 Å². The molecule has 1 aliphatic carbocycles. The second kappa shape index (κ2) is 10.9. The van der Waals surface area contributed by atoms with Crippen LogP contribution in [0.4, 0.5) is 15.9 Å². The molecule has 3 aromatic rings. The van der Waals surface area contributed by atoms with Crippen LogP contribution in [-0.4, -0.2) is 48.2 Å². The van der Waals surface area contributed by atoms with Crippen molar-refractivity contribution in [3.05, 3.63) is 46.5 Å². The molecule has 35 heavy (non-hydrogen) atoms. The first kappa shape index (κ1) is 26.0. The van der Waals surface area contributed by atoms with Crippen molar-refractivity contribution in [3.63, 3.8) is 0 Å². The fourth-order valence-corrected chi connectivity index (χ4v) is 5.62. The number of nitrogens with one attached hydrogen (secondary N) is 1. The highest BCUT2D eigenvalue weighted by Crippen LogP contribution is 2.42. The van der Waals surface area contributed by atoms with Crippen molar-refractivity contribution in [1.82, 2.24) is 14.9 Å². The van der Waals surface area contributed by atoms with E-state index in [0.29, 0.717) is 40.7 Å². The lowest BCUT2D eigenvalue weighted by atomic mass is 10.0. The molecule has 1 N–H and O–H groups in total. The molecule has 2 fully saturated rings. The first-order chi connectivity index (χ1) is 16.5. The minimum atomic E-state index is -0.642. The number of hydrogen-bond donors (Lipinski definition) is 1. The third-order valence-electron chi connectivity index (χ3n) is 7.05. The normalized spacial score (nSPS) is 21.6. The van der Waals surface area contributed by atoms with Crippen molar-refractivity contribution >= 4 is 58.0 Å². The van der Waals surface area contributed by atoms with Gasteiger partial charge in [-0.3, -0.25) is 0 Å². The molecule has 1 saturated carbocycles. The Morgan fingerprint density at radius 3 is 2.54 bits per heavy atom. The Labute approximate surface area is 220 Å². The quantitative estimate of drug-likeness (QED) is 0.340. The highest BCUT2D eigenvalue weighted by molar-refractivity contribution is 6.42. The van der Waals surface area contributed by atoms with E-state index in [1.807, 2.05) is 12.1 Å². The number of methoxy groups -OCH3 is 1. The van der Waals surface area contributed by atoms with Crippen molar-refractivity contribution < 1.29 is 13.9 Å². The van der Waals surface area contributed by atoms with E-state index in [1.165, 1.54) is 44.4 Å². The van der Waals surface area contributed by atoms with Gasteiger partial charge in [-0.15, -0.1) is 12.4 Å². The summed E-state index contributed by atoms with van der Waals surface area (Å²) in [6.07, 6.45) is 3.85. The van der Waals surface area contributed by atoms with Gasteiger partial charge in [0.15, 0.2) is 17.3 Å². The maximum atomic E-state index is 14.6. The van der Waals surface area contributed by atoms with Crippen molar-refractivity contribution in [1.29, 1.82) is 0 Å². The highest BCUT2D eigenvalue weighted by atomic mass is 35.5. The zero-order chi connectivity index (χ0) is 23.8. The molecule has 0 radical (unpaired) electrons. The maximum absolute atomic E-state index is 14.6. The molecule has 10 heteroatoms. The van der Waals surface area contributed by atoms with Gasteiger partial charge in [-0.2, -0.15) is 0 Å². The number of likely N-dealkylation sites (tertiary alicyclic amines) is 1. The summed E-state index contributed by atoms with van der Waals surface area (Å²) in [4.78, 5) is 11.2. The zero-order valence-electron chi connectivity index (χ0n) is 19.6. The predicted octanol–water partition coefficient (Wildman–Crippen LogP) is 6.61. The van der Waals surface area contributed by atoms with Gasteiger partial charge in [-0.1, -0.05) is 30.1 Å². The van der Waals surface area contributed by atoms with E-state index in [2.05, 4.69) is 27.1 Å². The van der Waals surface area contributed by atoms with Crippen LogP contribution in [0.1, 0.15) is 19.8 Å². The number of aromatic nitrogens is 2. The van der Waals surface area contributed by atoms with Crippen LogP contribution in [0.25, 0.3) is 10.9 Å². The minimum absolute atomic E-state index is 0. The molecule has 1 aromatic heterocycles. The van der Waals surface area contributed by atoms with E-state index in [0.717, 1.165) is 18.4 Å². The fourth-order valence-electron chi connectivity index (χ4n) is 5.31. The summed E-state index contributed by atoms with van der Waals surface area (Å²) in [6, 6.07) is 6.71. The molecule has 1 aliphatic heterocycles.